The lowest BCUT2D eigenvalue weighted by molar-refractivity contribution is -0.137. The minimum atomic E-state index is -1.03. The molecule has 1 aliphatic carbocycles. The first-order valence-corrected chi connectivity index (χ1v) is 9.29. The van der Waals surface area contributed by atoms with Crippen LogP contribution in [0.2, 0.25) is 0 Å². The van der Waals surface area contributed by atoms with Crippen LogP contribution in [0.1, 0.15) is 43.2 Å². The monoisotopic (exact) mass is 364 g/mol. The first-order valence-electron chi connectivity index (χ1n) is 9.29. The van der Waals surface area contributed by atoms with Crippen LogP contribution in [0.3, 0.4) is 0 Å². The van der Waals surface area contributed by atoms with Crippen molar-refractivity contribution in [2.45, 2.75) is 57.9 Å². The van der Waals surface area contributed by atoms with Crippen molar-refractivity contribution in [1.82, 2.24) is 0 Å². The van der Waals surface area contributed by atoms with Gasteiger partial charge >= 0.3 is 5.97 Å². The van der Waals surface area contributed by atoms with E-state index < -0.39 is 18.2 Å². The maximum atomic E-state index is 14.2. The molecule has 0 spiro atoms. The molecule has 1 fully saturated rings. The number of allylic oxidation sites excluding steroid dienone is 2. The van der Waals surface area contributed by atoms with Crippen molar-refractivity contribution >= 4 is 5.97 Å². The molecule has 4 atom stereocenters. The van der Waals surface area contributed by atoms with Gasteiger partial charge < -0.3 is 14.9 Å². The summed E-state index contributed by atoms with van der Waals surface area (Å²) in [6.45, 7) is 2.82. The van der Waals surface area contributed by atoms with E-state index in [1.165, 1.54) is 5.56 Å². The van der Waals surface area contributed by atoms with Gasteiger partial charge in [-0.05, 0) is 31.7 Å². The van der Waals surface area contributed by atoms with Gasteiger partial charge in [-0.15, -0.1) is 0 Å². The highest BCUT2D eigenvalue weighted by atomic mass is 19.1. The van der Waals surface area contributed by atoms with E-state index in [2.05, 4.69) is 6.07 Å². The highest BCUT2D eigenvalue weighted by molar-refractivity contribution is 5.66. The predicted octanol–water partition coefficient (Wildman–Crippen LogP) is 4.05. The molecule has 144 valence electrons. The number of ether oxygens (including phenoxy) is 1. The summed E-state index contributed by atoms with van der Waals surface area (Å²) in [6.07, 6.45) is 4.23. The van der Waals surface area contributed by atoms with Crippen LogP contribution >= 0.6 is 0 Å². The Morgan fingerprint density at radius 3 is 2.88 bits per heavy atom. The van der Waals surface area contributed by atoms with Crippen molar-refractivity contribution < 1.29 is 24.1 Å². The smallest absolute Gasteiger partial charge is 0.303 e. The van der Waals surface area contributed by atoms with Gasteiger partial charge in [0.2, 0.25) is 0 Å². The standard InChI is InChI=1S/C21H29FO4/c1-15-7-6-8-16(11-15)13-26-14-18-17(19(22)12-20(18)23)9-4-2-3-5-10-21(24)25/h2,4,6-8,11,17-20,23H,3,5,9-10,12-14H2,1H3,(H,24,25)/b4-2-. The number of carboxylic acids is 1. The molecular formula is C21H29FO4. The molecule has 5 heteroatoms. The molecule has 0 aromatic heterocycles. The van der Waals surface area contributed by atoms with Crippen LogP contribution in [0, 0.1) is 18.8 Å². The molecule has 1 saturated carbocycles. The number of rotatable bonds is 10. The summed E-state index contributed by atoms with van der Waals surface area (Å²) in [5, 5.41) is 18.8. The lowest BCUT2D eigenvalue weighted by Crippen LogP contribution is -2.25. The number of aliphatic hydroxyl groups is 1. The molecular weight excluding hydrogens is 335 g/mol. The van der Waals surface area contributed by atoms with Gasteiger partial charge in [0.1, 0.15) is 6.17 Å². The van der Waals surface area contributed by atoms with Crippen LogP contribution in [0.15, 0.2) is 36.4 Å². The van der Waals surface area contributed by atoms with Crippen molar-refractivity contribution in [3.63, 3.8) is 0 Å². The fraction of sp³-hybridized carbons (Fsp3) is 0.571. The zero-order valence-electron chi connectivity index (χ0n) is 15.3. The summed E-state index contributed by atoms with van der Waals surface area (Å²) in [4.78, 5) is 10.5. The number of unbranched alkanes of at least 4 members (excludes halogenated alkanes) is 1. The third-order valence-electron chi connectivity index (χ3n) is 4.97. The first-order chi connectivity index (χ1) is 12.5. The van der Waals surface area contributed by atoms with E-state index in [1.54, 1.807) is 0 Å². The van der Waals surface area contributed by atoms with Crippen molar-refractivity contribution in [2.75, 3.05) is 6.61 Å². The predicted molar refractivity (Wildman–Crippen MR) is 98.6 cm³/mol. The van der Waals surface area contributed by atoms with Gasteiger partial charge in [-0.3, -0.25) is 4.79 Å². The number of alkyl halides is 1. The van der Waals surface area contributed by atoms with Gasteiger partial charge in [-0.25, -0.2) is 4.39 Å². The van der Waals surface area contributed by atoms with E-state index in [4.69, 9.17) is 9.84 Å². The number of aliphatic carboxylic acids is 1. The Morgan fingerprint density at radius 1 is 1.35 bits per heavy atom. The zero-order valence-corrected chi connectivity index (χ0v) is 15.3. The summed E-state index contributed by atoms with van der Waals surface area (Å²) in [5.74, 6) is -1.26. The lowest BCUT2D eigenvalue weighted by atomic mass is 9.91. The van der Waals surface area contributed by atoms with Gasteiger partial charge in [0.05, 0.1) is 19.3 Å². The number of benzene rings is 1. The van der Waals surface area contributed by atoms with Crippen molar-refractivity contribution in [1.29, 1.82) is 0 Å². The quantitative estimate of drug-likeness (QED) is 0.486. The normalized spacial score (nSPS) is 25.8. The maximum Gasteiger partial charge on any atom is 0.303 e. The minimum absolute atomic E-state index is 0.146. The fourth-order valence-corrected chi connectivity index (χ4v) is 3.55. The Kier molecular flexibility index (Phi) is 8.26. The zero-order chi connectivity index (χ0) is 18.9. The number of hydrogen-bond acceptors (Lipinski definition) is 3. The average Bonchev–Trinajstić information content (AvgIpc) is 2.84. The van der Waals surface area contributed by atoms with Crippen molar-refractivity contribution in [2.24, 2.45) is 11.8 Å². The maximum absolute atomic E-state index is 14.2. The molecule has 1 aromatic rings. The number of aliphatic hydroxyl groups excluding tert-OH is 1. The molecule has 4 unspecified atom stereocenters. The van der Waals surface area contributed by atoms with E-state index in [0.717, 1.165) is 5.56 Å². The molecule has 0 saturated heterocycles. The van der Waals surface area contributed by atoms with Gasteiger partial charge in [-0.2, -0.15) is 0 Å². The van der Waals surface area contributed by atoms with E-state index in [0.29, 0.717) is 32.5 Å². The second-order valence-electron chi connectivity index (χ2n) is 7.14. The molecule has 0 aliphatic heterocycles. The number of carboxylic acid groups (broad SMARTS) is 1. The molecule has 0 radical (unpaired) electrons. The number of carbonyl (C=O) groups is 1. The van der Waals surface area contributed by atoms with Crippen LogP contribution in [0.4, 0.5) is 4.39 Å². The molecule has 2 N–H and O–H groups in total. The van der Waals surface area contributed by atoms with Crippen molar-refractivity contribution in [3.8, 4) is 0 Å². The Balaban J connectivity index is 1.79. The highest BCUT2D eigenvalue weighted by Crippen LogP contribution is 2.37. The molecule has 0 amide bonds. The van der Waals surface area contributed by atoms with Crippen LogP contribution in [-0.4, -0.2) is 35.1 Å². The van der Waals surface area contributed by atoms with Gasteiger partial charge in [0.25, 0.3) is 0 Å². The molecule has 2 rings (SSSR count). The molecule has 1 aromatic carbocycles. The van der Waals surface area contributed by atoms with Gasteiger partial charge in [0.15, 0.2) is 0 Å². The van der Waals surface area contributed by atoms with E-state index in [9.17, 15) is 14.3 Å². The van der Waals surface area contributed by atoms with Crippen LogP contribution in [0.25, 0.3) is 0 Å². The molecule has 0 bridgehead atoms. The van der Waals surface area contributed by atoms with E-state index >= 15 is 0 Å². The van der Waals surface area contributed by atoms with Crippen LogP contribution in [-0.2, 0) is 16.1 Å². The highest BCUT2D eigenvalue weighted by Gasteiger charge is 2.42. The topological polar surface area (TPSA) is 66.8 Å². The molecule has 26 heavy (non-hydrogen) atoms. The van der Waals surface area contributed by atoms with Crippen LogP contribution < -0.4 is 0 Å². The number of aryl methyl sites for hydroxylation is 1. The third kappa shape index (κ3) is 6.54. The number of hydrogen-bond donors (Lipinski definition) is 2. The number of halogens is 1. The summed E-state index contributed by atoms with van der Waals surface area (Å²) in [6, 6.07) is 8.05. The summed E-state index contributed by atoms with van der Waals surface area (Å²) < 4.78 is 20.0. The summed E-state index contributed by atoms with van der Waals surface area (Å²) >= 11 is 0. The van der Waals surface area contributed by atoms with Gasteiger partial charge in [0, 0.05) is 24.7 Å². The van der Waals surface area contributed by atoms with Crippen molar-refractivity contribution in [3.05, 3.63) is 47.5 Å². The lowest BCUT2D eigenvalue weighted by Gasteiger charge is -2.21. The Morgan fingerprint density at radius 2 is 2.15 bits per heavy atom. The second kappa shape index (κ2) is 10.4. The molecule has 1 aliphatic rings. The average molecular weight is 364 g/mol. The summed E-state index contributed by atoms with van der Waals surface area (Å²) in [5.41, 5.74) is 2.24. The van der Waals surface area contributed by atoms with Crippen LogP contribution in [0.5, 0.6) is 0 Å². The second-order valence-corrected chi connectivity index (χ2v) is 7.14. The Bertz CT molecular complexity index is 601. The largest absolute Gasteiger partial charge is 0.481 e. The Hall–Kier alpha value is -1.72. The third-order valence-corrected chi connectivity index (χ3v) is 4.97. The van der Waals surface area contributed by atoms with Gasteiger partial charge in [-0.1, -0.05) is 42.0 Å². The molecule has 4 nitrogen and oxygen atoms in total. The minimum Gasteiger partial charge on any atom is -0.481 e. The van der Waals surface area contributed by atoms with E-state index in [-0.39, 0.29) is 24.7 Å². The first kappa shape index (κ1) is 20.6. The Labute approximate surface area is 154 Å². The molecule has 0 heterocycles. The SMILES string of the molecule is Cc1cccc(COCC2C(O)CC(F)C2C/C=C\CCCC(=O)O)c1. The fourth-order valence-electron chi connectivity index (χ4n) is 3.55. The van der Waals surface area contributed by atoms with E-state index in [1.807, 2.05) is 37.3 Å². The summed E-state index contributed by atoms with van der Waals surface area (Å²) in [7, 11) is 0.